The van der Waals surface area contributed by atoms with Crippen molar-refractivity contribution in [2.45, 2.75) is 115 Å². The van der Waals surface area contributed by atoms with Crippen molar-refractivity contribution in [3.05, 3.63) is 83.9 Å². The molecular formula is C40H48N2O4. The topological polar surface area (TPSA) is 76.7 Å². The highest BCUT2D eigenvalue weighted by Crippen LogP contribution is 2.33. The lowest BCUT2D eigenvalue weighted by atomic mass is 9.81. The number of nitrogens with one attached hydrogen (secondary N) is 2. The Morgan fingerprint density at radius 1 is 0.500 bits per heavy atom. The maximum absolute atomic E-state index is 13.3. The van der Waals surface area contributed by atoms with Crippen LogP contribution in [0.15, 0.2) is 72.8 Å². The summed E-state index contributed by atoms with van der Waals surface area (Å²) in [7, 11) is 0. The average molecular weight is 621 g/mol. The van der Waals surface area contributed by atoms with Crippen LogP contribution in [0, 0.1) is 0 Å². The van der Waals surface area contributed by atoms with Gasteiger partial charge in [0.25, 0.3) is 0 Å². The van der Waals surface area contributed by atoms with Gasteiger partial charge in [-0.3, -0.25) is 0 Å². The highest BCUT2D eigenvalue weighted by molar-refractivity contribution is 5.99. The summed E-state index contributed by atoms with van der Waals surface area (Å²) in [5.41, 5.74) is 2.77. The van der Waals surface area contributed by atoms with Gasteiger partial charge in [0, 0.05) is 47.8 Å². The largest absolute Gasteiger partial charge is 0.459 e. The van der Waals surface area contributed by atoms with Gasteiger partial charge in [0.2, 0.25) is 0 Å². The molecule has 0 unspecified atom stereocenters. The number of benzene rings is 4. The van der Waals surface area contributed by atoms with Crippen LogP contribution in [0.4, 0.5) is 0 Å². The fraction of sp³-hybridized carbons (Fsp3) is 0.450. The molecule has 0 aliphatic carbocycles. The minimum Gasteiger partial charge on any atom is -0.459 e. The van der Waals surface area contributed by atoms with Crippen LogP contribution in [0.3, 0.4) is 0 Å². The summed E-state index contributed by atoms with van der Waals surface area (Å²) in [5, 5.41) is 11.4. The second-order valence-electron chi connectivity index (χ2n) is 16.2. The van der Waals surface area contributed by atoms with E-state index < -0.39 is 0 Å². The molecule has 0 radical (unpaired) electrons. The summed E-state index contributed by atoms with van der Waals surface area (Å²) in [6, 6.07) is 24.1. The Balaban J connectivity index is 1.21. The molecule has 0 atom stereocenters. The highest BCUT2D eigenvalue weighted by atomic mass is 16.5. The van der Waals surface area contributed by atoms with Crippen molar-refractivity contribution in [3.63, 3.8) is 0 Å². The van der Waals surface area contributed by atoms with Crippen LogP contribution in [-0.4, -0.2) is 46.3 Å². The van der Waals surface area contributed by atoms with Crippen molar-refractivity contribution in [2.24, 2.45) is 0 Å². The Bertz CT molecular complexity index is 1650. The highest BCUT2D eigenvalue weighted by Gasteiger charge is 2.40. The Morgan fingerprint density at radius 3 is 1.17 bits per heavy atom. The number of carbonyl (C=O) groups is 2. The third kappa shape index (κ3) is 7.29. The van der Waals surface area contributed by atoms with Gasteiger partial charge < -0.3 is 20.1 Å². The molecule has 0 saturated carbocycles. The summed E-state index contributed by atoms with van der Waals surface area (Å²) >= 11 is 0. The minimum atomic E-state index is -0.285. The number of carbonyl (C=O) groups excluding carboxylic acids is 2. The predicted molar refractivity (Wildman–Crippen MR) is 186 cm³/mol. The van der Waals surface area contributed by atoms with Crippen LogP contribution < -0.4 is 10.6 Å². The quantitative estimate of drug-likeness (QED) is 0.218. The molecule has 6 nitrogen and oxygen atoms in total. The molecule has 0 aromatic heterocycles. The molecule has 6 rings (SSSR count). The van der Waals surface area contributed by atoms with Crippen molar-refractivity contribution < 1.29 is 19.1 Å². The van der Waals surface area contributed by atoms with E-state index in [1.54, 1.807) is 0 Å². The summed E-state index contributed by atoms with van der Waals surface area (Å²) in [5.74, 6) is -0.569. The zero-order valence-electron chi connectivity index (χ0n) is 28.5. The van der Waals surface area contributed by atoms with Gasteiger partial charge in [0.15, 0.2) is 0 Å². The van der Waals surface area contributed by atoms with Crippen LogP contribution in [0.5, 0.6) is 0 Å². The number of ether oxygens (including phenoxy) is 2. The van der Waals surface area contributed by atoms with Gasteiger partial charge in [-0.15, -0.1) is 0 Å². The third-order valence-electron chi connectivity index (χ3n) is 9.34. The van der Waals surface area contributed by atoms with Gasteiger partial charge in [0.1, 0.15) is 12.2 Å². The number of esters is 2. The summed E-state index contributed by atoms with van der Waals surface area (Å²) in [6.45, 7) is 17.2. The van der Waals surface area contributed by atoms with Crippen LogP contribution in [0.25, 0.3) is 32.7 Å². The normalized spacial score (nSPS) is 20.8. The van der Waals surface area contributed by atoms with Gasteiger partial charge in [-0.25, -0.2) is 9.59 Å². The number of piperidine rings is 2. The molecule has 2 fully saturated rings. The zero-order chi connectivity index (χ0) is 33.1. The Morgan fingerprint density at radius 2 is 0.826 bits per heavy atom. The molecule has 2 aliphatic rings. The van der Waals surface area contributed by atoms with E-state index in [0.29, 0.717) is 11.1 Å². The number of hydrogen-bond acceptors (Lipinski definition) is 6. The minimum absolute atomic E-state index is 0.104. The first kappa shape index (κ1) is 32.2. The molecule has 6 heteroatoms. The lowest BCUT2D eigenvalue weighted by Gasteiger charge is -2.45. The van der Waals surface area contributed by atoms with Crippen molar-refractivity contribution in [3.8, 4) is 11.1 Å². The second kappa shape index (κ2) is 11.5. The van der Waals surface area contributed by atoms with E-state index >= 15 is 0 Å². The maximum atomic E-state index is 13.3. The fourth-order valence-electron chi connectivity index (χ4n) is 8.17. The molecule has 2 N–H and O–H groups in total. The molecule has 4 aromatic rings. The second-order valence-corrected chi connectivity index (χ2v) is 16.2. The van der Waals surface area contributed by atoms with Crippen molar-refractivity contribution in [1.82, 2.24) is 10.6 Å². The van der Waals surface area contributed by atoms with E-state index in [1.807, 2.05) is 36.4 Å². The van der Waals surface area contributed by atoms with Gasteiger partial charge in [-0.1, -0.05) is 36.4 Å². The number of rotatable bonds is 5. The lowest BCUT2D eigenvalue weighted by Crippen LogP contribution is -2.59. The van der Waals surface area contributed by atoms with Crippen LogP contribution >= 0.6 is 0 Å². The molecule has 4 aromatic carbocycles. The Kier molecular flexibility index (Phi) is 8.05. The zero-order valence-corrected chi connectivity index (χ0v) is 28.5. The first-order valence-electron chi connectivity index (χ1n) is 16.5. The van der Waals surface area contributed by atoms with Crippen molar-refractivity contribution in [1.29, 1.82) is 0 Å². The van der Waals surface area contributed by atoms with E-state index in [0.717, 1.165) is 58.4 Å². The molecular weight excluding hydrogens is 572 g/mol. The molecule has 0 amide bonds. The van der Waals surface area contributed by atoms with Gasteiger partial charge in [0.05, 0.1) is 11.1 Å². The van der Waals surface area contributed by atoms with Crippen molar-refractivity contribution >= 4 is 33.5 Å². The number of fused-ring (bicyclic) bond motifs is 2. The molecule has 0 bridgehead atoms. The van der Waals surface area contributed by atoms with Gasteiger partial charge in [-0.05, 0) is 124 Å². The first-order valence-corrected chi connectivity index (χ1v) is 16.5. The summed E-state index contributed by atoms with van der Waals surface area (Å²) < 4.78 is 12.1. The Labute approximate surface area is 273 Å². The smallest absolute Gasteiger partial charge is 0.338 e. The molecule has 2 heterocycles. The van der Waals surface area contributed by atoms with Gasteiger partial charge in [-0.2, -0.15) is 0 Å². The molecule has 2 saturated heterocycles. The predicted octanol–water partition coefficient (Wildman–Crippen LogP) is 8.59. The SMILES string of the molecule is CC1(C)CC(OC(=O)c2ccc3ccc(-c4ccc5ccc(C(=O)OC6CC(C)(C)NC(C)(C)C6)cc5c4)cc3c2)CC(C)(C)N1. The monoisotopic (exact) mass is 620 g/mol. The molecule has 242 valence electrons. The van der Waals surface area contributed by atoms with E-state index in [9.17, 15) is 9.59 Å². The van der Waals surface area contributed by atoms with E-state index in [2.05, 4.69) is 102 Å². The lowest BCUT2D eigenvalue weighted by molar-refractivity contribution is -0.00764. The maximum Gasteiger partial charge on any atom is 0.338 e. The van der Waals surface area contributed by atoms with E-state index in [1.165, 1.54) is 0 Å². The third-order valence-corrected chi connectivity index (χ3v) is 9.34. The van der Waals surface area contributed by atoms with Gasteiger partial charge >= 0.3 is 11.9 Å². The van der Waals surface area contributed by atoms with Crippen LogP contribution in [0.2, 0.25) is 0 Å². The summed E-state index contributed by atoms with van der Waals surface area (Å²) in [6.07, 6.45) is 2.81. The molecule has 2 aliphatic heterocycles. The van der Waals surface area contributed by atoms with Crippen LogP contribution in [0.1, 0.15) is 102 Å². The average Bonchev–Trinajstić information content (AvgIpc) is 2.92. The van der Waals surface area contributed by atoms with E-state index in [4.69, 9.17) is 9.47 Å². The molecule has 46 heavy (non-hydrogen) atoms. The van der Waals surface area contributed by atoms with Crippen LogP contribution in [-0.2, 0) is 9.47 Å². The fourth-order valence-corrected chi connectivity index (χ4v) is 8.17. The van der Waals surface area contributed by atoms with Crippen molar-refractivity contribution in [2.75, 3.05) is 0 Å². The Hall–Kier alpha value is -3.74. The molecule has 0 spiro atoms. The summed E-state index contributed by atoms with van der Waals surface area (Å²) in [4.78, 5) is 26.5. The number of hydrogen-bond donors (Lipinski definition) is 2. The first-order chi connectivity index (χ1) is 21.4. The standard InChI is InChI=1S/C40H48N2O4/c1-37(2)21-33(22-38(3,4)41-37)45-35(43)29-15-11-25-9-13-27(17-31(25)19-29)28-14-10-26-12-16-30(20-32(26)18-28)36(44)46-34-23-39(5,6)42-40(7,8)24-34/h9-20,33-34,41-42H,21-24H2,1-8H3. The van der Waals surface area contributed by atoms with E-state index in [-0.39, 0.29) is 46.3 Å².